The summed E-state index contributed by atoms with van der Waals surface area (Å²) in [7, 11) is 1.63. The second-order valence-corrected chi connectivity index (χ2v) is 5.48. The highest BCUT2D eigenvalue weighted by Gasteiger charge is 2.31. The molecule has 0 amide bonds. The third-order valence-corrected chi connectivity index (χ3v) is 4.28. The number of carboxylic acids is 1. The van der Waals surface area contributed by atoms with Crippen molar-refractivity contribution in [1.82, 2.24) is 4.98 Å². The summed E-state index contributed by atoms with van der Waals surface area (Å²) in [4.78, 5) is 16.0. The van der Waals surface area contributed by atoms with Crippen LogP contribution in [0.5, 0.6) is 0 Å². The Morgan fingerprint density at radius 3 is 2.47 bits per heavy atom. The molecule has 0 saturated carbocycles. The quantitative estimate of drug-likeness (QED) is 0.879. The largest absolute Gasteiger partial charge is 0.477 e. The van der Waals surface area contributed by atoms with Crippen LogP contribution in [0.25, 0.3) is 0 Å². The number of hydrogen-bond donors (Lipinski definition) is 1. The highest BCUT2D eigenvalue weighted by Crippen LogP contribution is 2.35. The average molecular weight is 257 g/mol. The molecule has 1 aromatic heterocycles. The SMILES string of the molecule is CCC(C)(OC)c1nc(C(C)C)c(C(=O)O)s1. The Kier molecular flexibility index (Phi) is 4.27. The topological polar surface area (TPSA) is 59.4 Å². The maximum absolute atomic E-state index is 11.2. The molecule has 0 spiro atoms. The molecule has 0 fully saturated rings. The molecule has 0 aliphatic heterocycles. The molecule has 0 radical (unpaired) electrons. The van der Waals surface area contributed by atoms with Crippen LogP contribution in [-0.4, -0.2) is 23.2 Å². The van der Waals surface area contributed by atoms with Gasteiger partial charge in [-0.25, -0.2) is 9.78 Å². The molecule has 1 atom stereocenters. The molecule has 0 bridgehead atoms. The fourth-order valence-electron chi connectivity index (χ4n) is 1.49. The van der Waals surface area contributed by atoms with E-state index in [-0.39, 0.29) is 5.92 Å². The van der Waals surface area contributed by atoms with Crippen LogP contribution in [-0.2, 0) is 10.3 Å². The number of aromatic nitrogens is 1. The summed E-state index contributed by atoms with van der Waals surface area (Å²) in [5.41, 5.74) is 0.149. The van der Waals surface area contributed by atoms with Crippen molar-refractivity contribution in [1.29, 1.82) is 0 Å². The Bertz CT molecular complexity index is 408. The molecular formula is C12H19NO3S. The van der Waals surface area contributed by atoms with Gasteiger partial charge in [0.15, 0.2) is 0 Å². The highest BCUT2D eigenvalue weighted by molar-refractivity contribution is 7.13. The van der Waals surface area contributed by atoms with E-state index in [0.29, 0.717) is 10.6 Å². The van der Waals surface area contributed by atoms with Gasteiger partial charge in [-0.15, -0.1) is 11.3 Å². The maximum Gasteiger partial charge on any atom is 0.347 e. The van der Waals surface area contributed by atoms with Gasteiger partial charge in [0.05, 0.1) is 5.69 Å². The van der Waals surface area contributed by atoms with Gasteiger partial charge in [-0.05, 0) is 19.3 Å². The molecule has 1 rings (SSSR count). The second-order valence-electron chi connectivity index (χ2n) is 4.48. The lowest BCUT2D eigenvalue weighted by molar-refractivity contribution is -0.00168. The number of methoxy groups -OCH3 is 1. The molecule has 4 nitrogen and oxygen atoms in total. The summed E-state index contributed by atoms with van der Waals surface area (Å²) in [6, 6.07) is 0. The molecule has 1 unspecified atom stereocenters. The minimum Gasteiger partial charge on any atom is -0.477 e. The molecule has 0 aliphatic rings. The van der Waals surface area contributed by atoms with Crippen LogP contribution in [0.3, 0.4) is 0 Å². The third-order valence-electron chi connectivity index (χ3n) is 2.97. The highest BCUT2D eigenvalue weighted by atomic mass is 32.1. The van der Waals surface area contributed by atoms with Gasteiger partial charge in [0, 0.05) is 7.11 Å². The van der Waals surface area contributed by atoms with Gasteiger partial charge < -0.3 is 9.84 Å². The Balaban J connectivity index is 3.29. The van der Waals surface area contributed by atoms with Crippen molar-refractivity contribution in [3.63, 3.8) is 0 Å². The van der Waals surface area contributed by atoms with Crippen molar-refractivity contribution in [2.45, 2.75) is 45.6 Å². The fraction of sp³-hybridized carbons (Fsp3) is 0.667. The van der Waals surface area contributed by atoms with Gasteiger partial charge in [0.2, 0.25) is 0 Å². The molecule has 17 heavy (non-hydrogen) atoms. The van der Waals surface area contributed by atoms with Crippen molar-refractivity contribution in [3.05, 3.63) is 15.6 Å². The van der Waals surface area contributed by atoms with Crippen molar-refractivity contribution in [2.75, 3.05) is 7.11 Å². The van der Waals surface area contributed by atoms with Crippen LogP contribution in [0.1, 0.15) is 60.4 Å². The standard InChI is InChI=1S/C12H19NO3S/c1-6-12(4,16-5)11-13-8(7(2)3)9(17-11)10(14)15/h7H,6H2,1-5H3,(H,14,15). The van der Waals surface area contributed by atoms with Gasteiger partial charge in [-0.1, -0.05) is 20.8 Å². The van der Waals surface area contributed by atoms with E-state index >= 15 is 0 Å². The number of carboxylic acid groups (broad SMARTS) is 1. The van der Waals surface area contributed by atoms with Gasteiger partial charge in [-0.2, -0.15) is 0 Å². The monoisotopic (exact) mass is 257 g/mol. The molecule has 1 aromatic rings. The van der Waals surface area contributed by atoms with E-state index in [4.69, 9.17) is 9.84 Å². The molecule has 1 heterocycles. The van der Waals surface area contributed by atoms with Crippen LogP contribution in [0.2, 0.25) is 0 Å². The fourth-order valence-corrected chi connectivity index (χ4v) is 2.74. The smallest absolute Gasteiger partial charge is 0.347 e. The minimum atomic E-state index is -0.910. The second kappa shape index (κ2) is 5.14. The summed E-state index contributed by atoms with van der Waals surface area (Å²) in [5, 5.41) is 9.91. The Hall–Kier alpha value is -0.940. The zero-order chi connectivity index (χ0) is 13.2. The van der Waals surface area contributed by atoms with Crippen molar-refractivity contribution in [3.8, 4) is 0 Å². The normalized spacial score (nSPS) is 14.9. The first-order chi connectivity index (χ1) is 7.85. The maximum atomic E-state index is 11.2. The first-order valence-electron chi connectivity index (χ1n) is 5.65. The molecular weight excluding hydrogens is 238 g/mol. The van der Waals surface area contributed by atoms with Gasteiger partial charge >= 0.3 is 5.97 Å². The van der Waals surface area contributed by atoms with E-state index in [9.17, 15) is 4.79 Å². The van der Waals surface area contributed by atoms with Crippen molar-refractivity contribution >= 4 is 17.3 Å². The van der Waals surface area contributed by atoms with Crippen LogP contribution in [0.15, 0.2) is 0 Å². The first kappa shape index (κ1) is 14.1. The molecule has 1 N–H and O–H groups in total. The number of hydrogen-bond acceptors (Lipinski definition) is 4. The number of aromatic carboxylic acids is 1. The Morgan fingerprint density at radius 1 is 1.59 bits per heavy atom. The first-order valence-corrected chi connectivity index (χ1v) is 6.47. The Labute approximate surface area is 106 Å². The predicted octanol–water partition coefficient (Wildman–Crippen LogP) is 3.24. The van der Waals surface area contributed by atoms with Crippen LogP contribution >= 0.6 is 11.3 Å². The zero-order valence-electron chi connectivity index (χ0n) is 10.9. The number of thiazole rings is 1. The van der Waals surface area contributed by atoms with Crippen LogP contribution in [0, 0.1) is 0 Å². The van der Waals surface area contributed by atoms with Gasteiger partial charge in [-0.3, -0.25) is 0 Å². The lowest BCUT2D eigenvalue weighted by atomic mass is 10.0. The van der Waals surface area contributed by atoms with E-state index < -0.39 is 11.6 Å². The zero-order valence-corrected chi connectivity index (χ0v) is 11.7. The molecule has 0 saturated heterocycles. The minimum absolute atomic E-state index is 0.101. The van der Waals surface area contributed by atoms with Gasteiger partial charge in [0.1, 0.15) is 15.5 Å². The number of nitrogens with zero attached hydrogens (tertiary/aromatic N) is 1. The molecule has 0 aliphatic carbocycles. The summed E-state index contributed by atoms with van der Waals surface area (Å²) in [6.45, 7) is 7.82. The van der Waals surface area contributed by atoms with Crippen LogP contribution in [0.4, 0.5) is 0 Å². The van der Waals surface area contributed by atoms with Crippen molar-refractivity contribution in [2.24, 2.45) is 0 Å². The average Bonchev–Trinajstić information content (AvgIpc) is 2.73. The Morgan fingerprint density at radius 2 is 2.18 bits per heavy atom. The predicted molar refractivity (Wildman–Crippen MR) is 67.8 cm³/mol. The summed E-state index contributed by atoms with van der Waals surface area (Å²) in [5.74, 6) is -0.809. The van der Waals surface area contributed by atoms with E-state index in [0.717, 1.165) is 11.4 Å². The lowest BCUT2D eigenvalue weighted by Crippen LogP contribution is -2.22. The van der Waals surface area contributed by atoms with Crippen molar-refractivity contribution < 1.29 is 14.6 Å². The summed E-state index contributed by atoms with van der Waals surface area (Å²) in [6.07, 6.45) is 0.758. The van der Waals surface area contributed by atoms with Gasteiger partial charge in [0.25, 0.3) is 0 Å². The molecule has 0 aromatic carbocycles. The van der Waals surface area contributed by atoms with E-state index in [2.05, 4.69) is 4.98 Å². The lowest BCUT2D eigenvalue weighted by Gasteiger charge is -2.23. The third kappa shape index (κ3) is 2.66. The van der Waals surface area contributed by atoms with Crippen LogP contribution < -0.4 is 0 Å². The number of rotatable bonds is 5. The van der Waals surface area contributed by atoms with E-state index in [1.54, 1.807) is 7.11 Å². The number of carbonyl (C=O) groups is 1. The summed E-state index contributed by atoms with van der Waals surface area (Å²) >= 11 is 1.22. The van der Waals surface area contributed by atoms with E-state index in [1.165, 1.54) is 11.3 Å². The molecule has 5 heteroatoms. The van der Waals surface area contributed by atoms with E-state index in [1.807, 2.05) is 27.7 Å². The molecule has 96 valence electrons. The number of ether oxygens (including phenoxy) is 1. The summed E-state index contributed by atoms with van der Waals surface area (Å²) < 4.78 is 5.46.